The lowest BCUT2D eigenvalue weighted by molar-refractivity contribution is -0.132. The molecule has 5 rings (SSSR count). The number of likely N-dealkylation sites (tertiary alicyclic amines) is 1. The molecule has 1 aromatic carbocycles. The number of rotatable bonds is 9. The minimum atomic E-state index is -1.11. The monoisotopic (exact) mass is 528 g/mol. The lowest BCUT2D eigenvalue weighted by atomic mass is 9.89. The first-order valence-corrected chi connectivity index (χ1v) is 14.8. The summed E-state index contributed by atoms with van der Waals surface area (Å²) in [6, 6.07) is 5.44. The van der Waals surface area contributed by atoms with Crippen molar-refractivity contribution in [2.45, 2.75) is 75.3 Å². The first-order chi connectivity index (χ1) is 17.9. The molecule has 10 heteroatoms. The largest absolute Gasteiger partial charge is 0.611 e. The van der Waals surface area contributed by atoms with E-state index in [-0.39, 0.29) is 23.7 Å². The first-order valence-electron chi connectivity index (χ1n) is 13.5. The summed E-state index contributed by atoms with van der Waals surface area (Å²) in [6.07, 6.45) is 4.78. The number of piperidine rings is 1. The van der Waals surface area contributed by atoms with Gasteiger partial charge in [-0.15, -0.1) is 0 Å². The average Bonchev–Trinajstić information content (AvgIpc) is 3.43. The van der Waals surface area contributed by atoms with E-state index < -0.39 is 11.2 Å². The molecule has 1 saturated heterocycles. The summed E-state index contributed by atoms with van der Waals surface area (Å²) in [7, 11) is 1.82. The second-order valence-corrected chi connectivity index (χ2v) is 11.8. The van der Waals surface area contributed by atoms with Gasteiger partial charge in [0.25, 0.3) is 0 Å². The molecular weight excluding hydrogens is 491 g/mol. The van der Waals surface area contributed by atoms with Crippen molar-refractivity contribution in [1.29, 1.82) is 0 Å². The summed E-state index contributed by atoms with van der Waals surface area (Å²) in [6.45, 7) is 6.42. The second kappa shape index (κ2) is 11.0. The lowest BCUT2D eigenvalue weighted by Gasteiger charge is -2.31. The molecule has 2 N–H and O–H groups in total. The summed E-state index contributed by atoms with van der Waals surface area (Å²) in [5.74, 6) is 2.13. The van der Waals surface area contributed by atoms with E-state index in [1.165, 1.54) is 6.07 Å². The predicted molar refractivity (Wildman–Crippen MR) is 145 cm³/mol. The Morgan fingerprint density at radius 3 is 2.89 bits per heavy atom. The predicted octanol–water partition coefficient (Wildman–Crippen LogP) is 3.91. The molecule has 4 heterocycles. The number of likely N-dealkylation sites (N-methyl/N-ethyl adjacent to an activating group) is 1. The number of carbonyl (C=O) groups excluding carboxylic acids is 1. The van der Waals surface area contributed by atoms with Crippen LogP contribution in [0, 0.1) is 5.82 Å². The molecule has 2 aromatic rings. The van der Waals surface area contributed by atoms with E-state index in [9.17, 15) is 13.7 Å². The number of aromatic nitrogens is 2. The molecule has 0 aliphatic carbocycles. The molecule has 200 valence electrons. The Balaban J connectivity index is 1.31. The zero-order chi connectivity index (χ0) is 26.1. The van der Waals surface area contributed by atoms with E-state index in [1.54, 1.807) is 11.0 Å². The van der Waals surface area contributed by atoms with Crippen LogP contribution < -0.4 is 15.5 Å². The average molecular weight is 529 g/mol. The zero-order valence-corrected chi connectivity index (χ0v) is 22.7. The molecule has 0 spiro atoms. The minimum absolute atomic E-state index is 0.0727. The van der Waals surface area contributed by atoms with Gasteiger partial charge >= 0.3 is 0 Å². The second-order valence-electron chi connectivity index (χ2n) is 10.3. The van der Waals surface area contributed by atoms with Gasteiger partial charge < -0.3 is 25.0 Å². The maximum atomic E-state index is 14.0. The van der Waals surface area contributed by atoms with Gasteiger partial charge in [-0.3, -0.25) is 4.79 Å². The van der Waals surface area contributed by atoms with Crippen molar-refractivity contribution in [2.24, 2.45) is 0 Å². The van der Waals surface area contributed by atoms with Crippen molar-refractivity contribution in [3.8, 4) is 0 Å². The van der Waals surface area contributed by atoms with Crippen LogP contribution in [0.15, 0.2) is 23.1 Å². The van der Waals surface area contributed by atoms with E-state index in [1.807, 2.05) is 13.1 Å². The van der Waals surface area contributed by atoms with Gasteiger partial charge in [-0.25, -0.2) is 9.37 Å². The van der Waals surface area contributed by atoms with Gasteiger partial charge in [-0.1, -0.05) is 6.92 Å². The number of nitrogens with zero attached hydrogens (tertiary/aromatic N) is 4. The van der Waals surface area contributed by atoms with Gasteiger partial charge in [-0.05, 0) is 67.5 Å². The lowest BCUT2D eigenvalue weighted by Crippen LogP contribution is -2.43. The van der Waals surface area contributed by atoms with E-state index in [4.69, 9.17) is 9.97 Å². The molecular formula is C27H37FN6O2S. The Kier molecular flexibility index (Phi) is 7.76. The summed E-state index contributed by atoms with van der Waals surface area (Å²) >= 11 is -1.11. The standard InChI is InChI=1S/C27H37FN6O2S/c1-4-21-19(20-15-17(28)8-10-22(20)30-21)7-6-13-34(5-2)27-31-23-12-14-37(36)25(23)26(32-27)29-18-9-11-24(35)33(3)16-18/h8,10,15,18-19,21,30H,4-7,9,11-14,16H2,1-3H3,(H,29,31,32)/t18-,19?,21?,37?/m0/s1. The fourth-order valence-electron chi connectivity index (χ4n) is 5.88. The van der Waals surface area contributed by atoms with Gasteiger partial charge in [0.15, 0.2) is 5.82 Å². The van der Waals surface area contributed by atoms with E-state index in [0.717, 1.165) is 60.6 Å². The van der Waals surface area contributed by atoms with Crippen molar-refractivity contribution in [3.05, 3.63) is 35.3 Å². The third-order valence-corrected chi connectivity index (χ3v) is 9.39. The van der Waals surface area contributed by atoms with E-state index in [2.05, 4.69) is 29.4 Å². The smallest absolute Gasteiger partial charge is 0.227 e. The van der Waals surface area contributed by atoms with E-state index in [0.29, 0.717) is 42.9 Å². The molecule has 0 radical (unpaired) electrons. The highest BCUT2D eigenvalue weighted by atomic mass is 32.2. The zero-order valence-electron chi connectivity index (χ0n) is 21.9. The van der Waals surface area contributed by atoms with Crippen LogP contribution in [-0.4, -0.2) is 69.8 Å². The number of amides is 1. The van der Waals surface area contributed by atoms with Crippen LogP contribution in [0.5, 0.6) is 0 Å². The molecule has 1 aromatic heterocycles. The molecule has 8 nitrogen and oxygen atoms in total. The quantitative estimate of drug-likeness (QED) is 0.477. The van der Waals surface area contributed by atoms with Crippen molar-refractivity contribution < 1.29 is 13.7 Å². The van der Waals surface area contributed by atoms with Gasteiger partial charge in [-0.2, -0.15) is 4.98 Å². The number of fused-ring (bicyclic) bond motifs is 2. The van der Waals surface area contributed by atoms with Crippen molar-refractivity contribution in [3.63, 3.8) is 0 Å². The molecule has 0 saturated carbocycles. The van der Waals surface area contributed by atoms with Crippen LogP contribution >= 0.6 is 0 Å². The van der Waals surface area contributed by atoms with Crippen LogP contribution in [0.2, 0.25) is 0 Å². The molecule has 0 bridgehead atoms. The molecule has 1 amide bonds. The number of nitrogens with one attached hydrogen (secondary N) is 2. The van der Waals surface area contributed by atoms with Crippen molar-refractivity contribution >= 4 is 34.5 Å². The summed E-state index contributed by atoms with van der Waals surface area (Å²) < 4.78 is 26.8. The Morgan fingerprint density at radius 1 is 1.30 bits per heavy atom. The number of halogens is 1. The molecule has 3 aliphatic heterocycles. The number of carbonyl (C=O) groups is 1. The molecule has 4 atom stereocenters. The summed E-state index contributed by atoms with van der Waals surface area (Å²) in [5.41, 5.74) is 2.99. The number of anilines is 3. The fraction of sp³-hybridized carbons (Fsp3) is 0.593. The SMILES string of the molecule is CCC1Nc2ccc(F)cc2C1CCCN(CC)c1nc2c(c(N[C@H]3CCC(=O)N(C)C3)n1)[S+]([O-])CC2. The van der Waals surface area contributed by atoms with Crippen molar-refractivity contribution in [1.82, 2.24) is 14.9 Å². The molecule has 37 heavy (non-hydrogen) atoms. The molecule has 3 aliphatic rings. The third kappa shape index (κ3) is 5.36. The highest BCUT2D eigenvalue weighted by Gasteiger charge is 2.35. The highest BCUT2D eigenvalue weighted by Crippen LogP contribution is 2.40. The van der Waals surface area contributed by atoms with Gasteiger partial charge in [0.2, 0.25) is 16.8 Å². The Labute approximate surface area is 221 Å². The highest BCUT2D eigenvalue weighted by molar-refractivity contribution is 7.91. The Morgan fingerprint density at radius 2 is 2.14 bits per heavy atom. The van der Waals surface area contributed by atoms with Crippen LogP contribution in [-0.2, 0) is 22.4 Å². The molecule has 3 unspecified atom stereocenters. The first kappa shape index (κ1) is 26.0. The van der Waals surface area contributed by atoms with Crippen LogP contribution in [0.25, 0.3) is 0 Å². The number of hydrogen-bond acceptors (Lipinski definition) is 7. The van der Waals surface area contributed by atoms with Crippen LogP contribution in [0.1, 0.15) is 63.1 Å². The Bertz CT molecular complexity index is 1150. The third-order valence-electron chi connectivity index (χ3n) is 7.93. The van der Waals surface area contributed by atoms with E-state index >= 15 is 0 Å². The maximum absolute atomic E-state index is 14.0. The van der Waals surface area contributed by atoms with Gasteiger partial charge in [0.05, 0.1) is 0 Å². The maximum Gasteiger partial charge on any atom is 0.227 e. The van der Waals surface area contributed by atoms with Gasteiger partial charge in [0.1, 0.15) is 17.3 Å². The van der Waals surface area contributed by atoms with Crippen LogP contribution in [0.3, 0.4) is 0 Å². The van der Waals surface area contributed by atoms with Crippen LogP contribution in [0.4, 0.5) is 21.8 Å². The minimum Gasteiger partial charge on any atom is -0.611 e. The number of benzene rings is 1. The number of hydrogen-bond donors (Lipinski definition) is 2. The summed E-state index contributed by atoms with van der Waals surface area (Å²) in [4.78, 5) is 26.3. The molecule has 1 fully saturated rings. The topological polar surface area (TPSA) is 96.5 Å². The normalized spacial score (nSPS) is 24.6. The Hall–Kier alpha value is -2.59. The van der Waals surface area contributed by atoms with Crippen molar-refractivity contribution in [2.75, 3.05) is 48.0 Å². The fourth-order valence-corrected chi connectivity index (χ4v) is 7.19. The number of aryl methyl sites for hydroxylation is 1. The van der Waals surface area contributed by atoms with Gasteiger partial charge in [0, 0.05) is 63.2 Å². The summed E-state index contributed by atoms with van der Waals surface area (Å²) in [5, 5.41) is 7.07.